The van der Waals surface area contributed by atoms with Gasteiger partial charge in [0.15, 0.2) is 5.16 Å². The Morgan fingerprint density at radius 3 is 2.52 bits per heavy atom. The van der Waals surface area contributed by atoms with Gasteiger partial charge in [0.25, 0.3) is 0 Å². The highest BCUT2D eigenvalue weighted by Gasteiger charge is 2.13. The van der Waals surface area contributed by atoms with Gasteiger partial charge >= 0.3 is 5.97 Å². The van der Waals surface area contributed by atoms with E-state index in [1.54, 1.807) is 18.2 Å². The third-order valence-corrected chi connectivity index (χ3v) is 4.68. The molecule has 7 heteroatoms. The van der Waals surface area contributed by atoms with E-state index < -0.39 is 0 Å². The lowest BCUT2D eigenvalue weighted by Gasteiger charge is -2.10. The standard InChI is InChI=1S/C16H16BrClN2O2S/c1-9-12(10(2)20-16(19-9)23-3)5-7-15(21)22-14-6-4-11(18)8-13(14)17/h4,6,8H,5,7H2,1-3H3. The summed E-state index contributed by atoms with van der Waals surface area (Å²) in [7, 11) is 0. The largest absolute Gasteiger partial charge is 0.425 e. The number of nitrogens with zero attached hydrogens (tertiary/aromatic N) is 2. The fraction of sp³-hybridized carbons (Fsp3) is 0.312. The second kappa shape index (κ2) is 8.13. The number of carbonyl (C=O) groups is 1. The van der Waals surface area contributed by atoms with E-state index >= 15 is 0 Å². The highest BCUT2D eigenvalue weighted by atomic mass is 79.9. The molecular weight excluding hydrogens is 400 g/mol. The van der Waals surface area contributed by atoms with Gasteiger partial charge in [-0.3, -0.25) is 4.79 Å². The van der Waals surface area contributed by atoms with E-state index in [9.17, 15) is 4.79 Å². The number of halogens is 2. The fourth-order valence-corrected chi connectivity index (χ4v) is 3.34. The van der Waals surface area contributed by atoms with Crippen LogP contribution in [0.3, 0.4) is 0 Å². The highest BCUT2D eigenvalue weighted by Crippen LogP contribution is 2.28. The maximum atomic E-state index is 12.0. The predicted molar refractivity (Wildman–Crippen MR) is 96.4 cm³/mol. The van der Waals surface area contributed by atoms with Gasteiger partial charge in [0, 0.05) is 16.4 Å². The van der Waals surface area contributed by atoms with Crippen LogP contribution in [0.15, 0.2) is 27.8 Å². The molecule has 1 aromatic heterocycles. The average Bonchev–Trinajstić information content (AvgIpc) is 2.49. The second-order valence-electron chi connectivity index (χ2n) is 4.91. The summed E-state index contributed by atoms with van der Waals surface area (Å²) in [6.07, 6.45) is 2.75. The molecule has 0 spiro atoms. The predicted octanol–water partition coefficient (Wildman–Crippen LogP) is 4.77. The van der Waals surface area contributed by atoms with Crippen LogP contribution in [-0.4, -0.2) is 22.2 Å². The Balaban J connectivity index is 2.02. The Hall–Kier alpha value is -1.11. The summed E-state index contributed by atoms with van der Waals surface area (Å²) >= 11 is 10.7. The molecule has 0 aliphatic heterocycles. The molecule has 0 saturated heterocycles. The summed E-state index contributed by atoms with van der Waals surface area (Å²) in [5, 5.41) is 1.32. The molecule has 0 saturated carbocycles. The molecule has 2 aromatic rings. The number of hydrogen-bond donors (Lipinski definition) is 0. The van der Waals surface area contributed by atoms with E-state index in [1.807, 2.05) is 20.1 Å². The van der Waals surface area contributed by atoms with Gasteiger partial charge in [-0.1, -0.05) is 23.4 Å². The molecule has 1 aromatic carbocycles. The van der Waals surface area contributed by atoms with Gasteiger partial charge in [0.2, 0.25) is 0 Å². The Bertz CT molecular complexity index is 717. The van der Waals surface area contributed by atoms with Gasteiger partial charge in [-0.25, -0.2) is 9.97 Å². The summed E-state index contributed by atoms with van der Waals surface area (Å²) in [5.41, 5.74) is 2.81. The Morgan fingerprint density at radius 1 is 1.30 bits per heavy atom. The van der Waals surface area contributed by atoms with Crippen molar-refractivity contribution in [1.82, 2.24) is 9.97 Å². The average molecular weight is 416 g/mol. The van der Waals surface area contributed by atoms with Crippen molar-refractivity contribution < 1.29 is 9.53 Å². The molecule has 0 unspecified atom stereocenters. The quantitative estimate of drug-likeness (QED) is 0.305. The number of benzene rings is 1. The van der Waals surface area contributed by atoms with Crippen LogP contribution in [0, 0.1) is 13.8 Å². The van der Waals surface area contributed by atoms with Crippen LogP contribution in [0.1, 0.15) is 23.4 Å². The zero-order chi connectivity index (χ0) is 17.0. The maximum absolute atomic E-state index is 12.0. The molecule has 4 nitrogen and oxygen atoms in total. The number of rotatable bonds is 5. The second-order valence-corrected chi connectivity index (χ2v) is 6.97. The molecule has 0 atom stereocenters. The van der Waals surface area contributed by atoms with Crippen LogP contribution in [0.4, 0.5) is 0 Å². The Kier molecular flexibility index (Phi) is 6.44. The summed E-state index contributed by atoms with van der Waals surface area (Å²) < 4.78 is 6.01. The number of carbonyl (C=O) groups excluding carboxylic acids is 1. The molecule has 0 bridgehead atoms. The number of esters is 1. The normalized spacial score (nSPS) is 10.7. The van der Waals surface area contributed by atoms with Gasteiger partial charge < -0.3 is 4.74 Å². The van der Waals surface area contributed by atoms with Crippen LogP contribution in [0.2, 0.25) is 5.02 Å². The number of ether oxygens (including phenoxy) is 1. The molecule has 0 radical (unpaired) electrons. The third kappa shape index (κ3) is 4.93. The Labute approximate surface area is 153 Å². The van der Waals surface area contributed by atoms with E-state index in [-0.39, 0.29) is 12.4 Å². The lowest BCUT2D eigenvalue weighted by atomic mass is 10.1. The van der Waals surface area contributed by atoms with Crippen molar-refractivity contribution in [3.8, 4) is 5.75 Å². The molecule has 0 N–H and O–H groups in total. The number of aromatic nitrogens is 2. The molecule has 0 amide bonds. The summed E-state index contributed by atoms with van der Waals surface area (Å²) in [6, 6.07) is 5.03. The van der Waals surface area contributed by atoms with Crippen molar-refractivity contribution in [1.29, 1.82) is 0 Å². The van der Waals surface area contributed by atoms with E-state index in [2.05, 4.69) is 25.9 Å². The van der Waals surface area contributed by atoms with E-state index in [0.29, 0.717) is 21.7 Å². The summed E-state index contributed by atoms with van der Waals surface area (Å²) in [6.45, 7) is 3.87. The minimum Gasteiger partial charge on any atom is -0.425 e. The van der Waals surface area contributed by atoms with Crippen LogP contribution >= 0.6 is 39.3 Å². The van der Waals surface area contributed by atoms with Crippen molar-refractivity contribution in [2.24, 2.45) is 0 Å². The topological polar surface area (TPSA) is 52.1 Å². The lowest BCUT2D eigenvalue weighted by Crippen LogP contribution is -2.11. The first-order valence-corrected chi connectivity index (χ1v) is 9.34. The van der Waals surface area contributed by atoms with Gasteiger partial charge in [0.05, 0.1) is 10.9 Å². The zero-order valence-electron chi connectivity index (χ0n) is 13.0. The molecule has 23 heavy (non-hydrogen) atoms. The van der Waals surface area contributed by atoms with E-state index in [1.165, 1.54) is 11.8 Å². The number of aryl methyl sites for hydroxylation is 2. The van der Waals surface area contributed by atoms with Gasteiger partial charge in [-0.2, -0.15) is 0 Å². The van der Waals surface area contributed by atoms with Crippen LogP contribution in [-0.2, 0) is 11.2 Å². The van der Waals surface area contributed by atoms with E-state index in [0.717, 1.165) is 22.1 Å². The zero-order valence-corrected chi connectivity index (χ0v) is 16.2. The van der Waals surface area contributed by atoms with Crippen molar-refractivity contribution in [2.45, 2.75) is 31.8 Å². The van der Waals surface area contributed by atoms with Gasteiger partial charge in [0.1, 0.15) is 5.75 Å². The van der Waals surface area contributed by atoms with Crippen molar-refractivity contribution >= 4 is 45.3 Å². The summed E-state index contributed by atoms with van der Waals surface area (Å²) in [4.78, 5) is 20.9. The van der Waals surface area contributed by atoms with E-state index in [4.69, 9.17) is 16.3 Å². The number of thioether (sulfide) groups is 1. The highest BCUT2D eigenvalue weighted by molar-refractivity contribution is 9.10. The van der Waals surface area contributed by atoms with Crippen molar-refractivity contribution in [3.05, 3.63) is 44.6 Å². The maximum Gasteiger partial charge on any atom is 0.311 e. The molecule has 0 aliphatic rings. The fourth-order valence-electron chi connectivity index (χ4n) is 2.12. The van der Waals surface area contributed by atoms with Gasteiger partial charge in [-0.05, 0) is 66.2 Å². The molecular formula is C16H16BrClN2O2S. The smallest absolute Gasteiger partial charge is 0.311 e. The first kappa shape index (κ1) is 18.2. The summed E-state index contributed by atoms with van der Waals surface area (Å²) in [5.74, 6) is 0.155. The first-order valence-electron chi connectivity index (χ1n) is 6.94. The molecule has 0 fully saturated rings. The minimum atomic E-state index is -0.305. The SMILES string of the molecule is CSc1nc(C)c(CCC(=O)Oc2ccc(Cl)cc2Br)c(C)n1. The van der Waals surface area contributed by atoms with Crippen molar-refractivity contribution in [2.75, 3.05) is 6.26 Å². The lowest BCUT2D eigenvalue weighted by molar-refractivity contribution is -0.134. The molecule has 0 aliphatic carbocycles. The molecule has 1 heterocycles. The number of hydrogen-bond acceptors (Lipinski definition) is 5. The van der Waals surface area contributed by atoms with Gasteiger partial charge in [-0.15, -0.1) is 0 Å². The molecule has 122 valence electrons. The monoisotopic (exact) mass is 414 g/mol. The van der Waals surface area contributed by atoms with Crippen LogP contribution in [0.25, 0.3) is 0 Å². The van der Waals surface area contributed by atoms with Crippen LogP contribution in [0.5, 0.6) is 5.75 Å². The van der Waals surface area contributed by atoms with Crippen LogP contribution < -0.4 is 4.74 Å². The van der Waals surface area contributed by atoms with Crippen molar-refractivity contribution in [3.63, 3.8) is 0 Å². The first-order chi connectivity index (χ1) is 10.9. The molecule has 2 rings (SSSR count). The third-order valence-electron chi connectivity index (χ3n) is 3.28. The Morgan fingerprint density at radius 2 is 1.96 bits per heavy atom. The minimum absolute atomic E-state index is 0.263.